The van der Waals surface area contributed by atoms with Crippen molar-refractivity contribution in [3.05, 3.63) is 23.1 Å². The monoisotopic (exact) mass is 287 g/mol. The third kappa shape index (κ3) is 3.96. The number of hydrogen-bond acceptors (Lipinski definition) is 4. The SMILES string of the molecule is O=C(c1ccc(Cl)o1)N1CCC(OCCCO)CC1. The minimum Gasteiger partial charge on any atom is -0.440 e. The van der Waals surface area contributed by atoms with Gasteiger partial charge in [0, 0.05) is 26.3 Å². The Morgan fingerprint density at radius 2 is 2.21 bits per heavy atom. The Balaban J connectivity index is 1.78. The first-order valence-electron chi connectivity index (χ1n) is 6.48. The van der Waals surface area contributed by atoms with E-state index in [1.54, 1.807) is 17.0 Å². The minimum atomic E-state index is -0.124. The second-order valence-corrected chi connectivity index (χ2v) is 4.92. The topological polar surface area (TPSA) is 62.9 Å². The van der Waals surface area contributed by atoms with E-state index in [0.29, 0.717) is 26.1 Å². The smallest absolute Gasteiger partial charge is 0.289 e. The number of carbonyl (C=O) groups is 1. The van der Waals surface area contributed by atoms with Gasteiger partial charge in [-0.25, -0.2) is 0 Å². The van der Waals surface area contributed by atoms with Gasteiger partial charge < -0.3 is 19.2 Å². The lowest BCUT2D eigenvalue weighted by atomic mass is 10.1. The summed E-state index contributed by atoms with van der Waals surface area (Å²) in [5.74, 6) is 0.158. The maximum atomic E-state index is 12.1. The molecular formula is C13H18ClNO4. The molecule has 1 fully saturated rings. The van der Waals surface area contributed by atoms with Gasteiger partial charge in [-0.15, -0.1) is 0 Å². The number of nitrogens with zero attached hydrogens (tertiary/aromatic N) is 1. The Labute approximate surface area is 117 Å². The molecule has 0 atom stereocenters. The highest BCUT2D eigenvalue weighted by atomic mass is 35.5. The molecule has 0 aliphatic carbocycles. The molecule has 19 heavy (non-hydrogen) atoms. The lowest BCUT2D eigenvalue weighted by Gasteiger charge is -2.31. The van der Waals surface area contributed by atoms with Crippen molar-refractivity contribution in [3.63, 3.8) is 0 Å². The first-order valence-corrected chi connectivity index (χ1v) is 6.85. The van der Waals surface area contributed by atoms with Gasteiger partial charge in [0.05, 0.1) is 6.10 Å². The van der Waals surface area contributed by atoms with Crippen LogP contribution in [0.2, 0.25) is 5.22 Å². The largest absolute Gasteiger partial charge is 0.440 e. The van der Waals surface area contributed by atoms with Crippen LogP contribution < -0.4 is 0 Å². The quantitative estimate of drug-likeness (QED) is 0.841. The summed E-state index contributed by atoms with van der Waals surface area (Å²) in [6, 6.07) is 3.16. The van der Waals surface area contributed by atoms with E-state index in [9.17, 15) is 4.79 Å². The molecule has 1 aromatic rings. The molecule has 106 valence electrons. The van der Waals surface area contributed by atoms with Crippen LogP contribution >= 0.6 is 11.6 Å². The van der Waals surface area contributed by atoms with Crippen molar-refractivity contribution < 1.29 is 19.1 Å². The molecule has 2 rings (SSSR count). The molecule has 1 N–H and O–H groups in total. The van der Waals surface area contributed by atoms with Gasteiger partial charge >= 0.3 is 0 Å². The van der Waals surface area contributed by atoms with E-state index in [4.69, 9.17) is 25.9 Å². The van der Waals surface area contributed by atoms with Crippen LogP contribution in [0, 0.1) is 0 Å². The molecule has 0 radical (unpaired) electrons. The maximum Gasteiger partial charge on any atom is 0.289 e. The van der Waals surface area contributed by atoms with E-state index in [-0.39, 0.29) is 29.6 Å². The fourth-order valence-corrected chi connectivity index (χ4v) is 2.27. The van der Waals surface area contributed by atoms with Gasteiger partial charge in [0.15, 0.2) is 11.0 Å². The third-order valence-corrected chi connectivity index (χ3v) is 3.37. The Kier molecular flexibility index (Phi) is 5.24. The summed E-state index contributed by atoms with van der Waals surface area (Å²) in [5.41, 5.74) is 0. The van der Waals surface area contributed by atoms with Gasteiger partial charge in [0.2, 0.25) is 0 Å². The standard InChI is InChI=1S/C13H18ClNO4/c14-12-3-2-11(19-12)13(17)15-6-4-10(5-7-15)18-9-1-8-16/h2-3,10,16H,1,4-9H2. The molecule has 0 saturated carbocycles. The fraction of sp³-hybridized carbons (Fsp3) is 0.615. The summed E-state index contributed by atoms with van der Waals surface area (Å²) in [4.78, 5) is 13.8. The van der Waals surface area contributed by atoms with E-state index in [1.807, 2.05) is 0 Å². The number of rotatable bonds is 5. The Hall–Kier alpha value is -1.04. The van der Waals surface area contributed by atoms with Crippen molar-refractivity contribution in [2.24, 2.45) is 0 Å². The molecule has 0 unspecified atom stereocenters. The Morgan fingerprint density at radius 3 is 2.79 bits per heavy atom. The van der Waals surface area contributed by atoms with Crippen LogP contribution in [0.5, 0.6) is 0 Å². The number of furan rings is 1. The molecule has 1 amide bonds. The van der Waals surface area contributed by atoms with E-state index in [1.165, 1.54) is 0 Å². The molecule has 0 aromatic carbocycles. The van der Waals surface area contributed by atoms with Gasteiger partial charge in [-0.3, -0.25) is 4.79 Å². The zero-order valence-electron chi connectivity index (χ0n) is 10.7. The average molecular weight is 288 g/mol. The summed E-state index contributed by atoms with van der Waals surface area (Å²) < 4.78 is 10.7. The highest BCUT2D eigenvalue weighted by molar-refractivity contribution is 6.29. The second kappa shape index (κ2) is 6.93. The van der Waals surface area contributed by atoms with Crippen molar-refractivity contribution in [2.45, 2.75) is 25.4 Å². The third-order valence-electron chi connectivity index (χ3n) is 3.17. The molecule has 1 aliphatic rings. The first-order chi connectivity index (χ1) is 9.20. The lowest BCUT2D eigenvalue weighted by Crippen LogP contribution is -2.40. The normalized spacial score (nSPS) is 16.8. The highest BCUT2D eigenvalue weighted by Crippen LogP contribution is 2.19. The molecule has 2 heterocycles. The number of aliphatic hydroxyl groups is 1. The number of hydrogen-bond donors (Lipinski definition) is 1. The summed E-state index contributed by atoms with van der Waals surface area (Å²) in [6.45, 7) is 2.03. The molecule has 1 aliphatic heterocycles. The predicted octanol–water partition coefficient (Wildman–Crippen LogP) is 1.94. The molecule has 5 nitrogen and oxygen atoms in total. The predicted molar refractivity (Wildman–Crippen MR) is 70.3 cm³/mol. The molecule has 0 spiro atoms. The van der Waals surface area contributed by atoms with Gasteiger partial charge in [0.1, 0.15) is 0 Å². The average Bonchev–Trinajstić information content (AvgIpc) is 2.86. The van der Waals surface area contributed by atoms with Gasteiger partial charge in [-0.05, 0) is 43.0 Å². The van der Waals surface area contributed by atoms with Gasteiger partial charge in [0.25, 0.3) is 5.91 Å². The molecular weight excluding hydrogens is 270 g/mol. The molecule has 1 saturated heterocycles. The number of halogens is 1. The van der Waals surface area contributed by atoms with Crippen molar-refractivity contribution in [1.82, 2.24) is 4.90 Å². The lowest BCUT2D eigenvalue weighted by molar-refractivity contribution is 0.00327. The van der Waals surface area contributed by atoms with Gasteiger partial charge in [-0.1, -0.05) is 0 Å². The van der Waals surface area contributed by atoms with E-state index in [0.717, 1.165) is 12.8 Å². The number of amides is 1. The van der Waals surface area contributed by atoms with Crippen molar-refractivity contribution >= 4 is 17.5 Å². The van der Waals surface area contributed by atoms with Crippen LogP contribution in [0.15, 0.2) is 16.5 Å². The Morgan fingerprint density at radius 1 is 1.47 bits per heavy atom. The fourth-order valence-electron chi connectivity index (χ4n) is 2.13. The maximum absolute atomic E-state index is 12.1. The van der Waals surface area contributed by atoms with Crippen LogP contribution in [0.1, 0.15) is 29.8 Å². The minimum absolute atomic E-state index is 0.124. The van der Waals surface area contributed by atoms with E-state index >= 15 is 0 Å². The number of piperidine rings is 1. The van der Waals surface area contributed by atoms with E-state index in [2.05, 4.69) is 0 Å². The number of carbonyl (C=O) groups excluding carboxylic acids is 1. The molecule has 6 heteroatoms. The first kappa shape index (κ1) is 14.4. The molecule has 0 bridgehead atoms. The number of aliphatic hydroxyl groups excluding tert-OH is 1. The van der Waals surface area contributed by atoms with Crippen LogP contribution in [-0.4, -0.2) is 48.3 Å². The Bertz CT molecular complexity index is 413. The van der Waals surface area contributed by atoms with Crippen molar-refractivity contribution in [2.75, 3.05) is 26.3 Å². The zero-order valence-corrected chi connectivity index (χ0v) is 11.4. The highest BCUT2D eigenvalue weighted by Gasteiger charge is 2.25. The zero-order chi connectivity index (χ0) is 13.7. The molecule has 1 aromatic heterocycles. The summed E-state index contributed by atoms with van der Waals surface area (Å²) in [7, 11) is 0. The number of ether oxygens (including phenoxy) is 1. The van der Waals surface area contributed by atoms with Gasteiger partial charge in [-0.2, -0.15) is 0 Å². The van der Waals surface area contributed by atoms with Crippen LogP contribution in [0.25, 0.3) is 0 Å². The summed E-state index contributed by atoms with van der Waals surface area (Å²) in [6.07, 6.45) is 2.46. The summed E-state index contributed by atoms with van der Waals surface area (Å²) in [5, 5.41) is 8.91. The van der Waals surface area contributed by atoms with Crippen LogP contribution in [-0.2, 0) is 4.74 Å². The number of likely N-dealkylation sites (tertiary alicyclic amines) is 1. The second-order valence-electron chi connectivity index (χ2n) is 4.54. The van der Waals surface area contributed by atoms with Crippen LogP contribution in [0.4, 0.5) is 0 Å². The van der Waals surface area contributed by atoms with Crippen molar-refractivity contribution in [3.8, 4) is 0 Å². The van der Waals surface area contributed by atoms with Crippen LogP contribution in [0.3, 0.4) is 0 Å². The van der Waals surface area contributed by atoms with E-state index < -0.39 is 0 Å². The van der Waals surface area contributed by atoms with Crippen molar-refractivity contribution in [1.29, 1.82) is 0 Å². The summed E-state index contributed by atoms with van der Waals surface area (Å²) >= 11 is 5.66.